The molecule has 0 aliphatic heterocycles. The smallest absolute Gasteiger partial charge is 0.113 e. The first-order chi connectivity index (χ1) is 7.58. The van der Waals surface area contributed by atoms with Crippen LogP contribution in [-0.2, 0) is 0 Å². The Hall–Kier alpha value is 0.130. The molecule has 0 aliphatic rings. The quantitative estimate of drug-likeness (QED) is 0.774. The molecule has 0 saturated carbocycles. The van der Waals surface area contributed by atoms with E-state index >= 15 is 0 Å². The number of aliphatic hydroxyl groups excluding tert-OH is 1. The molecule has 1 atom stereocenters. The van der Waals surface area contributed by atoms with E-state index in [2.05, 4.69) is 31.9 Å². The van der Waals surface area contributed by atoms with Gasteiger partial charge >= 0.3 is 0 Å². The Bertz CT molecular complexity index is 493. The first-order valence-corrected chi connectivity index (χ1v) is 7.24. The first-order valence-electron chi connectivity index (χ1n) is 4.46. The van der Waals surface area contributed by atoms with E-state index in [1.54, 1.807) is 6.07 Å². The Balaban J connectivity index is 2.35. The van der Waals surface area contributed by atoms with Crippen LogP contribution < -0.4 is 0 Å². The summed E-state index contributed by atoms with van der Waals surface area (Å²) in [7, 11) is 0. The maximum absolute atomic E-state index is 10.2. The highest BCUT2D eigenvalue weighted by molar-refractivity contribution is 9.11. The first kappa shape index (κ1) is 12.6. The molecule has 2 rings (SSSR count). The van der Waals surface area contributed by atoms with Crippen LogP contribution in [0.25, 0.3) is 0 Å². The molecule has 1 aromatic carbocycles. The summed E-state index contributed by atoms with van der Waals surface area (Å²) in [5, 5.41) is 10.8. The van der Waals surface area contributed by atoms with Crippen molar-refractivity contribution in [2.75, 3.05) is 0 Å². The van der Waals surface area contributed by atoms with Crippen molar-refractivity contribution in [3.8, 4) is 0 Å². The number of rotatable bonds is 2. The van der Waals surface area contributed by atoms with Crippen molar-refractivity contribution < 1.29 is 5.11 Å². The molecule has 16 heavy (non-hydrogen) atoms. The molecule has 0 amide bonds. The zero-order valence-electron chi connectivity index (χ0n) is 7.95. The minimum atomic E-state index is -0.633. The minimum absolute atomic E-state index is 0.633. The molecule has 0 fully saturated rings. The van der Waals surface area contributed by atoms with Crippen molar-refractivity contribution in [3.63, 3.8) is 0 Å². The fraction of sp³-hybridized carbons (Fsp3) is 0.0909. The molecule has 2 aromatic rings. The van der Waals surface area contributed by atoms with Crippen LogP contribution in [0, 0.1) is 0 Å². The molecule has 0 saturated heterocycles. The van der Waals surface area contributed by atoms with Gasteiger partial charge in [0.2, 0.25) is 0 Å². The van der Waals surface area contributed by atoms with Crippen LogP contribution in [0.5, 0.6) is 0 Å². The second kappa shape index (κ2) is 5.19. The second-order valence-corrected chi connectivity index (χ2v) is 6.95. The summed E-state index contributed by atoms with van der Waals surface area (Å²) in [5.74, 6) is 0. The van der Waals surface area contributed by atoms with E-state index in [0.29, 0.717) is 5.02 Å². The van der Waals surface area contributed by atoms with E-state index in [1.807, 2.05) is 24.3 Å². The van der Waals surface area contributed by atoms with Crippen LogP contribution in [0.1, 0.15) is 16.5 Å². The topological polar surface area (TPSA) is 20.2 Å². The third kappa shape index (κ3) is 2.68. The molecular formula is C11H7Br2ClOS. The third-order valence-electron chi connectivity index (χ3n) is 2.10. The van der Waals surface area contributed by atoms with Crippen molar-refractivity contribution in [3.05, 3.63) is 54.1 Å². The van der Waals surface area contributed by atoms with Gasteiger partial charge in [-0.05, 0) is 39.7 Å². The predicted octanol–water partition coefficient (Wildman–Crippen LogP) is 5.01. The second-order valence-electron chi connectivity index (χ2n) is 3.23. The van der Waals surface area contributed by atoms with E-state index in [4.69, 9.17) is 11.6 Å². The van der Waals surface area contributed by atoms with Gasteiger partial charge in [-0.3, -0.25) is 0 Å². The molecule has 1 nitrogen and oxygen atoms in total. The summed E-state index contributed by atoms with van der Waals surface area (Å²) >= 11 is 14.1. The fourth-order valence-electron chi connectivity index (χ4n) is 1.34. The zero-order chi connectivity index (χ0) is 11.7. The lowest BCUT2D eigenvalue weighted by atomic mass is 10.1. The van der Waals surface area contributed by atoms with Crippen molar-refractivity contribution in [1.29, 1.82) is 0 Å². The molecule has 0 aliphatic carbocycles. The molecule has 0 radical (unpaired) electrons. The number of benzene rings is 1. The molecule has 5 heteroatoms. The highest BCUT2D eigenvalue weighted by Crippen LogP contribution is 2.37. The summed E-state index contributed by atoms with van der Waals surface area (Å²) in [6.45, 7) is 0. The molecule has 0 spiro atoms. The number of thiophene rings is 1. The molecule has 1 N–H and O–H groups in total. The van der Waals surface area contributed by atoms with Crippen molar-refractivity contribution in [2.24, 2.45) is 0 Å². The van der Waals surface area contributed by atoms with Gasteiger partial charge in [0.05, 0.1) is 8.81 Å². The lowest BCUT2D eigenvalue weighted by Gasteiger charge is -2.08. The van der Waals surface area contributed by atoms with Crippen LogP contribution >= 0.6 is 54.8 Å². The van der Waals surface area contributed by atoms with Gasteiger partial charge in [0, 0.05) is 9.35 Å². The molecular weight excluding hydrogens is 375 g/mol. The lowest BCUT2D eigenvalue weighted by Crippen LogP contribution is -1.96. The third-order valence-corrected chi connectivity index (χ3v) is 5.12. The van der Waals surface area contributed by atoms with Gasteiger partial charge in [-0.1, -0.05) is 39.7 Å². The summed E-state index contributed by atoms with van der Waals surface area (Å²) in [5.41, 5.74) is 0.847. The van der Waals surface area contributed by atoms with Crippen LogP contribution in [-0.4, -0.2) is 5.11 Å². The lowest BCUT2D eigenvalue weighted by molar-refractivity contribution is 0.224. The number of hydrogen-bond acceptors (Lipinski definition) is 2. The highest BCUT2D eigenvalue weighted by atomic mass is 79.9. The van der Waals surface area contributed by atoms with Gasteiger partial charge in [0.1, 0.15) is 6.10 Å². The number of aliphatic hydroxyl groups is 1. The van der Waals surface area contributed by atoms with Crippen LogP contribution in [0.2, 0.25) is 5.02 Å². The molecule has 1 heterocycles. The maximum Gasteiger partial charge on any atom is 0.113 e. The summed E-state index contributed by atoms with van der Waals surface area (Å²) in [4.78, 5) is 0.829. The average molecular weight is 383 g/mol. The summed E-state index contributed by atoms with van der Waals surface area (Å²) in [6.07, 6.45) is -0.633. The van der Waals surface area contributed by atoms with E-state index in [9.17, 15) is 5.11 Å². The van der Waals surface area contributed by atoms with Crippen LogP contribution in [0.3, 0.4) is 0 Å². The van der Waals surface area contributed by atoms with Crippen molar-refractivity contribution >= 4 is 54.8 Å². The molecule has 1 aromatic heterocycles. The largest absolute Gasteiger partial charge is 0.383 e. The van der Waals surface area contributed by atoms with Crippen LogP contribution in [0.4, 0.5) is 0 Å². The van der Waals surface area contributed by atoms with Gasteiger partial charge in [-0.15, -0.1) is 11.3 Å². The van der Waals surface area contributed by atoms with E-state index in [0.717, 1.165) is 18.7 Å². The fourth-order valence-corrected chi connectivity index (χ4v) is 3.52. The Kier molecular flexibility index (Phi) is 4.08. The highest BCUT2D eigenvalue weighted by Gasteiger charge is 2.15. The SMILES string of the molecule is OC(c1cccc(Br)c1)c1cc(Cl)c(Br)s1. The maximum atomic E-state index is 10.2. The zero-order valence-corrected chi connectivity index (χ0v) is 12.7. The van der Waals surface area contributed by atoms with E-state index in [1.165, 1.54) is 11.3 Å². The minimum Gasteiger partial charge on any atom is -0.383 e. The van der Waals surface area contributed by atoms with E-state index in [-0.39, 0.29) is 0 Å². The van der Waals surface area contributed by atoms with Crippen molar-refractivity contribution in [2.45, 2.75) is 6.10 Å². The molecule has 84 valence electrons. The Labute approximate surface area is 119 Å². The molecule has 0 bridgehead atoms. The number of hydrogen-bond donors (Lipinski definition) is 1. The van der Waals surface area contributed by atoms with Crippen molar-refractivity contribution in [1.82, 2.24) is 0 Å². The normalized spacial score (nSPS) is 12.8. The van der Waals surface area contributed by atoms with Gasteiger partial charge in [0.15, 0.2) is 0 Å². The summed E-state index contributed by atoms with van der Waals surface area (Å²) < 4.78 is 1.80. The molecule has 1 unspecified atom stereocenters. The number of halogens is 3. The standard InChI is InChI=1S/C11H7Br2ClOS/c12-7-3-1-2-6(4-7)10(15)9-5-8(14)11(13)16-9/h1-5,10,15H. The monoisotopic (exact) mass is 380 g/mol. The average Bonchev–Trinajstić information content (AvgIpc) is 2.58. The Morgan fingerprint density at radius 3 is 2.56 bits per heavy atom. The van der Waals surface area contributed by atoms with Gasteiger partial charge in [0.25, 0.3) is 0 Å². The van der Waals surface area contributed by atoms with E-state index < -0.39 is 6.10 Å². The Morgan fingerprint density at radius 2 is 2.00 bits per heavy atom. The van der Waals surface area contributed by atoms with Gasteiger partial charge in [-0.25, -0.2) is 0 Å². The predicted molar refractivity (Wildman–Crippen MR) is 75.2 cm³/mol. The Morgan fingerprint density at radius 1 is 1.25 bits per heavy atom. The van der Waals surface area contributed by atoms with Gasteiger partial charge in [-0.2, -0.15) is 0 Å². The summed E-state index contributed by atoms with van der Waals surface area (Å²) in [6, 6.07) is 9.38. The van der Waals surface area contributed by atoms with Gasteiger partial charge < -0.3 is 5.11 Å². The van der Waals surface area contributed by atoms with Crippen LogP contribution in [0.15, 0.2) is 38.6 Å².